The Morgan fingerprint density at radius 3 is 2.38 bits per heavy atom. The lowest BCUT2D eigenvalue weighted by Gasteiger charge is -1.94. The van der Waals surface area contributed by atoms with Gasteiger partial charge in [-0.1, -0.05) is 0 Å². The van der Waals surface area contributed by atoms with Crippen molar-refractivity contribution in [1.29, 1.82) is 0 Å². The van der Waals surface area contributed by atoms with Crippen molar-refractivity contribution in [3.8, 4) is 0 Å². The normalized spacial score (nSPS) is 35.4. The third-order valence-electron chi connectivity index (χ3n) is 1.26. The van der Waals surface area contributed by atoms with Crippen molar-refractivity contribution >= 4 is 10.1 Å². The molecule has 0 spiro atoms. The van der Waals surface area contributed by atoms with Crippen LogP contribution in [-0.2, 0) is 14.3 Å². The Bertz CT molecular complexity index is 170. The fourth-order valence-electron chi connectivity index (χ4n) is 0.591. The Hall–Kier alpha value is -0.0900. The molecule has 0 amide bonds. The zero-order chi connectivity index (χ0) is 6.20. The molecule has 1 fully saturated rings. The van der Waals surface area contributed by atoms with Gasteiger partial charge < -0.3 is 0 Å². The van der Waals surface area contributed by atoms with Gasteiger partial charge in [0.15, 0.2) is 0 Å². The van der Waals surface area contributed by atoms with Crippen LogP contribution < -0.4 is 0 Å². The van der Waals surface area contributed by atoms with E-state index in [1.165, 1.54) is 0 Å². The minimum Gasteiger partial charge on any atom is -0.270 e. The van der Waals surface area contributed by atoms with Gasteiger partial charge in [0.2, 0.25) is 0 Å². The first-order valence-corrected chi connectivity index (χ1v) is 3.98. The second kappa shape index (κ2) is 1.70. The van der Waals surface area contributed by atoms with Gasteiger partial charge in [-0.15, -0.1) is 0 Å². The number of hydrogen-bond acceptors (Lipinski definition) is 3. The van der Waals surface area contributed by atoms with Gasteiger partial charge in [-0.2, -0.15) is 8.42 Å². The molecular formula is C4H8O3S. The third kappa shape index (κ3) is 0.855. The summed E-state index contributed by atoms with van der Waals surface area (Å²) in [4.78, 5) is 0. The van der Waals surface area contributed by atoms with E-state index in [0.29, 0.717) is 13.0 Å². The topological polar surface area (TPSA) is 43.4 Å². The van der Waals surface area contributed by atoms with Gasteiger partial charge in [-0.25, -0.2) is 0 Å². The third-order valence-corrected chi connectivity index (χ3v) is 2.98. The first kappa shape index (κ1) is 6.04. The Labute approximate surface area is 48.8 Å². The molecule has 0 N–H and O–H groups in total. The highest BCUT2D eigenvalue weighted by Crippen LogP contribution is 2.15. The zero-order valence-corrected chi connectivity index (χ0v) is 5.44. The Kier molecular flexibility index (Phi) is 1.28. The van der Waals surface area contributed by atoms with Crippen LogP contribution in [0.25, 0.3) is 0 Å². The summed E-state index contributed by atoms with van der Waals surface area (Å²) in [6.45, 7) is 2.02. The molecule has 0 aromatic rings. The van der Waals surface area contributed by atoms with E-state index in [-0.39, 0.29) is 5.25 Å². The average Bonchev–Trinajstić information content (AvgIpc) is 1.86. The maximum atomic E-state index is 10.5. The van der Waals surface area contributed by atoms with Crippen molar-refractivity contribution in [1.82, 2.24) is 0 Å². The summed E-state index contributed by atoms with van der Waals surface area (Å²) < 4.78 is 25.5. The highest BCUT2D eigenvalue weighted by Gasteiger charge is 2.27. The lowest BCUT2D eigenvalue weighted by atomic mass is 10.4. The fraction of sp³-hybridized carbons (Fsp3) is 1.00. The zero-order valence-electron chi connectivity index (χ0n) is 4.62. The molecule has 0 aromatic carbocycles. The van der Waals surface area contributed by atoms with Gasteiger partial charge in [0.25, 0.3) is 10.1 Å². The maximum Gasteiger partial charge on any atom is 0.270 e. The molecule has 3 nitrogen and oxygen atoms in total. The minimum absolute atomic E-state index is 0.289. The Balaban J connectivity index is 2.85. The van der Waals surface area contributed by atoms with Gasteiger partial charge in [-0.3, -0.25) is 4.18 Å². The Morgan fingerprint density at radius 2 is 2.25 bits per heavy atom. The van der Waals surface area contributed by atoms with Crippen LogP contribution >= 0.6 is 0 Å². The van der Waals surface area contributed by atoms with Crippen LogP contribution in [0.3, 0.4) is 0 Å². The Morgan fingerprint density at radius 1 is 1.62 bits per heavy atom. The van der Waals surface area contributed by atoms with E-state index < -0.39 is 10.1 Å². The first-order valence-electron chi connectivity index (χ1n) is 2.51. The predicted octanol–water partition coefficient (Wildman–Crippen LogP) is 0.125. The molecule has 0 unspecified atom stereocenters. The molecule has 0 saturated carbocycles. The molecule has 1 rings (SSSR count). The van der Waals surface area contributed by atoms with Crippen LogP contribution in [0.1, 0.15) is 13.3 Å². The standard InChI is InChI=1S/C4H8O3S/c1-4-2-3-7-8(4,5)6/h4H,2-3H2,1H3/t4-/m0/s1. The average molecular weight is 136 g/mol. The van der Waals surface area contributed by atoms with Crippen molar-refractivity contribution in [2.45, 2.75) is 18.6 Å². The quantitative estimate of drug-likeness (QED) is 0.444. The largest absolute Gasteiger partial charge is 0.270 e. The molecule has 8 heavy (non-hydrogen) atoms. The molecule has 0 aromatic heterocycles. The number of hydrogen-bond donors (Lipinski definition) is 0. The second-order valence-corrected chi connectivity index (χ2v) is 3.94. The molecule has 1 aliphatic rings. The molecule has 1 atom stereocenters. The molecular weight excluding hydrogens is 128 g/mol. The molecule has 4 heteroatoms. The molecule has 1 saturated heterocycles. The highest BCUT2D eigenvalue weighted by atomic mass is 32.2. The van der Waals surface area contributed by atoms with E-state index in [9.17, 15) is 8.42 Å². The van der Waals surface area contributed by atoms with E-state index >= 15 is 0 Å². The smallest absolute Gasteiger partial charge is 0.270 e. The lowest BCUT2D eigenvalue weighted by Crippen LogP contribution is -2.09. The molecule has 48 valence electrons. The summed E-state index contributed by atoms with van der Waals surface area (Å²) in [6, 6.07) is 0. The van der Waals surface area contributed by atoms with Crippen LogP contribution in [0, 0.1) is 0 Å². The van der Waals surface area contributed by atoms with Crippen LogP contribution in [-0.4, -0.2) is 20.3 Å². The van der Waals surface area contributed by atoms with Crippen LogP contribution in [0.4, 0.5) is 0 Å². The fourth-order valence-corrected chi connectivity index (χ4v) is 1.54. The van der Waals surface area contributed by atoms with E-state index in [1.54, 1.807) is 6.92 Å². The molecule has 1 heterocycles. The van der Waals surface area contributed by atoms with E-state index in [1.807, 2.05) is 0 Å². The summed E-state index contributed by atoms with van der Waals surface area (Å²) in [5.74, 6) is 0. The van der Waals surface area contributed by atoms with Gasteiger partial charge in [0.05, 0.1) is 11.9 Å². The van der Waals surface area contributed by atoms with Crippen molar-refractivity contribution in [2.75, 3.05) is 6.61 Å². The molecule has 0 radical (unpaired) electrons. The molecule has 0 bridgehead atoms. The van der Waals surface area contributed by atoms with Gasteiger partial charge in [-0.05, 0) is 13.3 Å². The number of rotatable bonds is 0. The van der Waals surface area contributed by atoms with E-state index in [2.05, 4.69) is 4.18 Å². The van der Waals surface area contributed by atoms with Crippen molar-refractivity contribution in [3.05, 3.63) is 0 Å². The maximum absolute atomic E-state index is 10.5. The summed E-state index contributed by atoms with van der Waals surface area (Å²) in [5.41, 5.74) is 0. The lowest BCUT2D eigenvalue weighted by molar-refractivity contribution is 0.354. The van der Waals surface area contributed by atoms with Crippen molar-refractivity contribution < 1.29 is 12.6 Å². The summed E-state index contributed by atoms with van der Waals surface area (Å²) >= 11 is 0. The predicted molar refractivity (Wildman–Crippen MR) is 29.0 cm³/mol. The summed E-state index contributed by atoms with van der Waals surface area (Å²) in [7, 11) is -3.12. The van der Waals surface area contributed by atoms with E-state index in [0.717, 1.165) is 0 Å². The molecule has 1 aliphatic heterocycles. The molecule has 0 aliphatic carbocycles. The minimum atomic E-state index is -3.12. The van der Waals surface area contributed by atoms with Gasteiger partial charge in [0, 0.05) is 0 Å². The summed E-state index contributed by atoms with van der Waals surface area (Å²) in [5, 5.41) is -0.289. The SMILES string of the molecule is C[C@H]1CCOS1(=O)=O. The van der Waals surface area contributed by atoms with Crippen molar-refractivity contribution in [2.24, 2.45) is 0 Å². The van der Waals surface area contributed by atoms with Gasteiger partial charge >= 0.3 is 0 Å². The van der Waals surface area contributed by atoms with E-state index in [4.69, 9.17) is 0 Å². The highest BCUT2D eigenvalue weighted by molar-refractivity contribution is 7.87. The van der Waals surface area contributed by atoms with Crippen LogP contribution in [0.15, 0.2) is 0 Å². The van der Waals surface area contributed by atoms with Crippen LogP contribution in [0.5, 0.6) is 0 Å². The van der Waals surface area contributed by atoms with Crippen molar-refractivity contribution in [3.63, 3.8) is 0 Å². The monoisotopic (exact) mass is 136 g/mol. The second-order valence-electron chi connectivity index (χ2n) is 1.91. The van der Waals surface area contributed by atoms with Crippen LogP contribution in [0.2, 0.25) is 0 Å². The van der Waals surface area contributed by atoms with Gasteiger partial charge in [0.1, 0.15) is 0 Å². The summed E-state index contributed by atoms with van der Waals surface area (Å²) in [6.07, 6.45) is 0.641. The first-order chi connectivity index (χ1) is 3.63.